The highest BCUT2D eigenvalue weighted by Gasteiger charge is 2.33. The number of carbonyl (C=O) groups excluding carboxylic acids is 5. The fourth-order valence-corrected chi connectivity index (χ4v) is 7.79. The molecule has 396 valence electrons. The molecule has 0 aliphatic rings. The fraction of sp³-hybridized carbons (Fsp3) is 0.435. The lowest BCUT2D eigenvalue weighted by Crippen LogP contribution is -2.59. The Kier molecular flexibility index (Phi) is 22.6. The van der Waals surface area contributed by atoms with Crippen LogP contribution in [0.3, 0.4) is 0 Å². The topological polar surface area (TPSA) is 498 Å². The number of amides is 5. The highest BCUT2D eigenvalue weighted by Crippen LogP contribution is 2.21. The third kappa shape index (κ3) is 19.2. The number of nitrogens with zero attached hydrogens (tertiary/aromatic N) is 4. The van der Waals surface area contributed by atoms with E-state index in [2.05, 4.69) is 56.5 Å². The summed E-state index contributed by atoms with van der Waals surface area (Å²) in [4.78, 5) is 106. The summed E-state index contributed by atoms with van der Waals surface area (Å²) < 4.78 is 0. The third-order valence-electron chi connectivity index (χ3n) is 11.5. The molecule has 0 spiro atoms. The van der Waals surface area contributed by atoms with Gasteiger partial charge in [0.05, 0.1) is 6.04 Å². The Labute approximate surface area is 420 Å². The number of guanidine groups is 4. The summed E-state index contributed by atoms with van der Waals surface area (Å²) in [6, 6.07) is 6.76. The minimum absolute atomic E-state index is 0.0115. The number of carbonyl (C=O) groups is 6. The van der Waals surface area contributed by atoms with Crippen molar-refractivity contribution < 1.29 is 33.9 Å². The van der Waals surface area contributed by atoms with Crippen LogP contribution in [0.5, 0.6) is 0 Å². The number of hydrogen-bond acceptors (Lipinski definition) is 11. The first-order valence-corrected chi connectivity index (χ1v) is 23.6. The number of carboxylic acid groups (broad SMARTS) is 1. The van der Waals surface area contributed by atoms with Crippen LogP contribution in [0.4, 0.5) is 0 Å². The van der Waals surface area contributed by atoms with Crippen molar-refractivity contribution >= 4 is 81.1 Å². The molecule has 27 heteroatoms. The molecule has 73 heavy (non-hydrogen) atoms. The number of carboxylic acids is 1. The lowest BCUT2D eigenvalue weighted by atomic mass is 10.0. The molecule has 6 atom stereocenters. The van der Waals surface area contributed by atoms with Crippen LogP contribution in [0.1, 0.15) is 62.5 Å². The second kappa shape index (κ2) is 28.9. The third-order valence-corrected chi connectivity index (χ3v) is 11.5. The van der Waals surface area contributed by atoms with Crippen LogP contribution in [0, 0.1) is 0 Å². The van der Waals surface area contributed by atoms with Gasteiger partial charge in [-0.25, -0.2) is 4.79 Å². The van der Waals surface area contributed by atoms with Gasteiger partial charge in [0.2, 0.25) is 29.5 Å². The lowest BCUT2D eigenvalue weighted by molar-refractivity contribution is -0.142. The molecule has 2 heterocycles. The maximum atomic E-state index is 14.6. The molecular formula is C46H70N20O7. The molecule has 2 aromatic heterocycles. The van der Waals surface area contributed by atoms with Gasteiger partial charge in [0.1, 0.15) is 30.2 Å². The number of aliphatic imine (C=N–C) groups is 4. The second-order valence-corrected chi connectivity index (χ2v) is 17.2. The Morgan fingerprint density at radius 2 is 0.767 bits per heavy atom. The van der Waals surface area contributed by atoms with Crippen LogP contribution in [0.15, 0.2) is 80.9 Å². The molecule has 4 rings (SSSR count). The van der Waals surface area contributed by atoms with Crippen molar-refractivity contribution in [1.82, 2.24) is 36.6 Å². The van der Waals surface area contributed by atoms with E-state index in [0.29, 0.717) is 17.5 Å². The van der Waals surface area contributed by atoms with Crippen molar-refractivity contribution in [2.75, 3.05) is 26.2 Å². The smallest absolute Gasteiger partial charge is 0.326 e. The number of nitrogens with one attached hydrogen (secondary N) is 7. The molecule has 0 fully saturated rings. The fourth-order valence-electron chi connectivity index (χ4n) is 7.79. The zero-order chi connectivity index (χ0) is 53.5. The van der Waals surface area contributed by atoms with Gasteiger partial charge in [-0.3, -0.25) is 43.9 Å². The molecule has 2 aromatic carbocycles. The average Bonchev–Trinajstić information content (AvgIpc) is 3.95. The number of rotatable bonds is 31. The van der Waals surface area contributed by atoms with E-state index < -0.39 is 71.8 Å². The molecule has 27 nitrogen and oxygen atoms in total. The van der Waals surface area contributed by atoms with E-state index in [-0.39, 0.29) is 108 Å². The SMILES string of the molecule is NC(N)=NCCC[C@@H](N)C(=O)N[C@H](CCCN=C(N)N)C(=O)N[C@H](CCCN=C(N)N)C(=O)N[C@H](CCCN=C(N)N)C(=O)N[C@H](Cc1c[nH]c2ccccc12)C(=O)N[C@H](Cc1c[nH]c2ccccc12)C(=O)O. The minimum atomic E-state index is -1.42. The van der Waals surface area contributed by atoms with Gasteiger partial charge in [-0.1, -0.05) is 36.4 Å². The average molecular weight is 1020 g/mol. The molecule has 0 aliphatic heterocycles. The molecule has 0 saturated heterocycles. The maximum absolute atomic E-state index is 14.6. The standard InChI is InChI=1S/C46H70N20O7/c47-29(11-5-17-56-43(48)49)37(67)62-32(14-6-18-57-44(50)51)38(68)63-33(15-7-19-58-45(52)53)39(69)64-34(16-8-20-59-46(54)55)40(70)65-35(21-25-23-60-30-12-3-1-9-27(25)30)41(71)66-36(42(72)73)22-26-24-61-31-13-4-2-10-28(26)31/h1-4,9-10,12-13,23-24,29,32-36,60-61H,5-8,11,14-22,47H2,(H,62,67)(H,63,68)(H,64,69)(H,65,70)(H,66,71)(H,72,73)(H4,48,49,56)(H4,50,51,57)(H4,52,53,58)(H4,54,55,59)/t29-,32-,33-,34-,35-,36-/m1/s1. The van der Waals surface area contributed by atoms with Crippen molar-refractivity contribution in [1.29, 1.82) is 0 Å². The van der Waals surface area contributed by atoms with Crippen molar-refractivity contribution in [3.05, 3.63) is 72.1 Å². The van der Waals surface area contributed by atoms with Crippen LogP contribution in [0.2, 0.25) is 0 Å². The van der Waals surface area contributed by atoms with Crippen LogP contribution in [-0.4, -0.2) is 137 Å². The number of para-hydroxylation sites is 2. The zero-order valence-electron chi connectivity index (χ0n) is 40.5. The summed E-state index contributed by atoms with van der Waals surface area (Å²) in [5, 5.41) is 25.3. The zero-order valence-corrected chi connectivity index (χ0v) is 40.5. The number of H-pyrrole nitrogens is 2. The summed E-state index contributed by atoms with van der Waals surface area (Å²) in [5.74, 6) is -5.96. The quantitative estimate of drug-likeness (QED) is 0.0132. The first-order chi connectivity index (χ1) is 34.8. The van der Waals surface area contributed by atoms with Crippen molar-refractivity contribution in [2.45, 2.75) is 100 Å². The normalized spacial score (nSPS) is 13.4. The van der Waals surface area contributed by atoms with Gasteiger partial charge in [0.15, 0.2) is 23.8 Å². The molecule has 0 bridgehead atoms. The minimum Gasteiger partial charge on any atom is -0.480 e. The number of aromatic amines is 2. The Bertz CT molecular complexity index is 2610. The lowest BCUT2D eigenvalue weighted by Gasteiger charge is -2.27. The molecule has 0 radical (unpaired) electrons. The summed E-state index contributed by atoms with van der Waals surface area (Å²) in [7, 11) is 0. The van der Waals surface area contributed by atoms with E-state index in [1.54, 1.807) is 18.5 Å². The van der Waals surface area contributed by atoms with Crippen LogP contribution >= 0.6 is 0 Å². The number of nitrogens with two attached hydrogens (primary N) is 9. The first-order valence-electron chi connectivity index (χ1n) is 23.6. The Morgan fingerprint density at radius 3 is 1.15 bits per heavy atom. The summed E-state index contributed by atoms with van der Waals surface area (Å²) >= 11 is 0. The molecule has 4 aromatic rings. The Hall–Kier alpha value is -8.62. The van der Waals surface area contributed by atoms with Crippen molar-refractivity contribution in [3.63, 3.8) is 0 Å². The van der Waals surface area contributed by atoms with Gasteiger partial charge < -0.3 is 93.3 Å². The summed E-state index contributed by atoms with van der Waals surface area (Å²) in [6.45, 7) is 0.420. The largest absolute Gasteiger partial charge is 0.480 e. The van der Waals surface area contributed by atoms with Gasteiger partial charge in [0.25, 0.3) is 0 Å². The Balaban J connectivity index is 1.64. The van der Waals surface area contributed by atoms with Gasteiger partial charge in [0, 0.05) is 73.2 Å². The van der Waals surface area contributed by atoms with E-state index >= 15 is 0 Å². The maximum Gasteiger partial charge on any atom is 0.326 e. The van der Waals surface area contributed by atoms with E-state index in [4.69, 9.17) is 51.6 Å². The van der Waals surface area contributed by atoms with Crippen LogP contribution in [-0.2, 0) is 41.6 Å². The van der Waals surface area contributed by atoms with Crippen LogP contribution < -0.4 is 78.2 Å². The summed E-state index contributed by atoms with van der Waals surface area (Å²) in [6.07, 6.45) is 4.10. The van der Waals surface area contributed by atoms with Gasteiger partial charge >= 0.3 is 5.97 Å². The number of aliphatic carboxylic acids is 1. The molecule has 0 unspecified atom stereocenters. The van der Waals surface area contributed by atoms with Gasteiger partial charge in [-0.2, -0.15) is 0 Å². The summed E-state index contributed by atoms with van der Waals surface area (Å²) in [5.41, 5.74) is 52.9. The molecular weight excluding hydrogens is 945 g/mol. The van der Waals surface area contributed by atoms with Crippen molar-refractivity contribution in [2.24, 2.45) is 71.6 Å². The Morgan fingerprint density at radius 1 is 0.452 bits per heavy atom. The molecule has 0 saturated carbocycles. The molecule has 26 N–H and O–H groups in total. The second-order valence-electron chi connectivity index (χ2n) is 17.2. The monoisotopic (exact) mass is 1010 g/mol. The number of fused-ring (bicyclic) bond motifs is 2. The number of benzene rings is 2. The molecule has 0 aliphatic carbocycles. The van der Waals surface area contributed by atoms with E-state index in [1.165, 1.54) is 0 Å². The van der Waals surface area contributed by atoms with Crippen molar-refractivity contribution in [3.8, 4) is 0 Å². The van der Waals surface area contributed by atoms with Gasteiger partial charge in [-0.05, 0) is 74.6 Å². The highest BCUT2D eigenvalue weighted by atomic mass is 16.4. The number of aromatic nitrogens is 2. The predicted octanol–water partition coefficient (Wildman–Crippen LogP) is -3.52. The van der Waals surface area contributed by atoms with Crippen LogP contribution in [0.25, 0.3) is 21.8 Å². The van der Waals surface area contributed by atoms with E-state index in [0.717, 1.165) is 21.8 Å². The molecule has 5 amide bonds. The van der Waals surface area contributed by atoms with Gasteiger partial charge in [-0.15, -0.1) is 0 Å². The number of hydrogen-bond donors (Lipinski definition) is 17. The van der Waals surface area contributed by atoms with E-state index in [9.17, 15) is 33.9 Å². The van der Waals surface area contributed by atoms with E-state index in [1.807, 2.05) is 42.5 Å². The predicted molar refractivity (Wildman–Crippen MR) is 279 cm³/mol. The highest BCUT2D eigenvalue weighted by molar-refractivity contribution is 5.97. The first kappa shape index (κ1) is 57.0.